The Morgan fingerprint density at radius 1 is 1.29 bits per heavy atom. The standard InChI is InChI=1S/C16H15NO3S/c1-11-4-3-5-13(8-11)17(2)16(20)12-9-14(21-10-12)6-7-15(18)19/h3-10H,1-2H3,(H,18,19). The second-order valence-electron chi connectivity index (χ2n) is 4.61. The number of thiophene rings is 1. The number of amides is 1. The molecular weight excluding hydrogens is 286 g/mol. The van der Waals surface area contributed by atoms with Gasteiger partial charge < -0.3 is 10.0 Å². The number of carboxylic acid groups (broad SMARTS) is 1. The number of hydrogen-bond donors (Lipinski definition) is 1. The number of anilines is 1. The molecular formula is C16H15NO3S. The number of carbonyl (C=O) groups excluding carboxylic acids is 1. The average molecular weight is 301 g/mol. The highest BCUT2D eigenvalue weighted by atomic mass is 32.1. The number of nitrogens with zero attached hydrogens (tertiary/aromatic N) is 1. The van der Waals surface area contributed by atoms with Crippen LogP contribution in [0.15, 0.2) is 41.8 Å². The van der Waals surface area contributed by atoms with Crippen LogP contribution in [0.5, 0.6) is 0 Å². The summed E-state index contributed by atoms with van der Waals surface area (Å²) in [4.78, 5) is 25.2. The van der Waals surface area contributed by atoms with Crippen LogP contribution in [0.1, 0.15) is 20.8 Å². The van der Waals surface area contributed by atoms with Gasteiger partial charge in [-0.25, -0.2) is 4.79 Å². The predicted molar refractivity (Wildman–Crippen MR) is 84.9 cm³/mol. The maximum atomic E-state index is 12.4. The Morgan fingerprint density at radius 2 is 2.05 bits per heavy atom. The average Bonchev–Trinajstić information content (AvgIpc) is 2.92. The molecule has 1 heterocycles. The molecule has 0 aliphatic rings. The molecule has 108 valence electrons. The van der Waals surface area contributed by atoms with Crippen molar-refractivity contribution in [3.63, 3.8) is 0 Å². The van der Waals surface area contributed by atoms with E-state index >= 15 is 0 Å². The Bertz CT molecular complexity index is 703. The van der Waals surface area contributed by atoms with Gasteiger partial charge in [-0.2, -0.15) is 0 Å². The van der Waals surface area contributed by atoms with Gasteiger partial charge in [-0.05, 0) is 36.8 Å². The molecule has 21 heavy (non-hydrogen) atoms. The molecule has 0 fully saturated rings. The molecule has 1 amide bonds. The van der Waals surface area contributed by atoms with Gasteiger partial charge in [0.05, 0.1) is 5.56 Å². The normalized spacial score (nSPS) is 10.8. The van der Waals surface area contributed by atoms with Crippen molar-refractivity contribution in [2.24, 2.45) is 0 Å². The van der Waals surface area contributed by atoms with E-state index in [1.165, 1.54) is 17.4 Å². The van der Waals surface area contributed by atoms with E-state index in [4.69, 9.17) is 5.11 Å². The molecule has 5 heteroatoms. The Hall–Kier alpha value is -2.40. The lowest BCUT2D eigenvalue weighted by atomic mass is 10.2. The molecule has 1 aromatic heterocycles. The Kier molecular flexibility index (Phi) is 4.55. The van der Waals surface area contributed by atoms with Gasteiger partial charge in [0.1, 0.15) is 0 Å². The monoisotopic (exact) mass is 301 g/mol. The fourth-order valence-electron chi connectivity index (χ4n) is 1.85. The van der Waals surface area contributed by atoms with Crippen LogP contribution in [-0.2, 0) is 4.79 Å². The highest BCUT2D eigenvalue weighted by molar-refractivity contribution is 7.11. The first-order chi connectivity index (χ1) is 9.97. The summed E-state index contributed by atoms with van der Waals surface area (Å²) in [6, 6.07) is 9.39. The highest BCUT2D eigenvalue weighted by Crippen LogP contribution is 2.21. The molecule has 0 spiro atoms. The number of carbonyl (C=O) groups is 2. The third kappa shape index (κ3) is 3.79. The van der Waals surface area contributed by atoms with Crippen molar-refractivity contribution in [1.29, 1.82) is 0 Å². The summed E-state index contributed by atoms with van der Waals surface area (Å²) >= 11 is 1.34. The third-order valence-electron chi connectivity index (χ3n) is 2.95. The van der Waals surface area contributed by atoms with Crippen molar-refractivity contribution in [1.82, 2.24) is 0 Å². The summed E-state index contributed by atoms with van der Waals surface area (Å²) in [5.74, 6) is -1.13. The van der Waals surface area contributed by atoms with Crippen molar-refractivity contribution in [3.8, 4) is 0 Å². The predicted octanol–water partition coefficient (Wildman–Crippen LogP) is 3.43. The number of carboxylic acids is 1. The molecule has 1 aromatic carbocycles. The Morgan fingerprint density at radius 3 is 2.71 bits per heavy atom. The molecule has 0 atom stereocenters. The van der Waals surface area contributed by atoms with Gasteiger partial charge in [0, 0.05) is 29.1 Å². The first-order valence-corrected chi connectivity index (χ1v) is 7.19. The van der Waals surface area contributed by atoms with E-state index in [0.717, 1.165) is 22.2 Å². The zero-order valence-electron chi connectivity index (χ0n) is 11.7. The number of aliphatic carboxylic acids is 1. The van der Waals surface area contributed by atoms with Crippen molar-refractivity contribution in [2.45, 2.75) is 6.92 Å². The number of aryl methyl sites for hydroxylation is 1. The molecule has 0 aliphatic carbocycles. The van der Waals surface area contributed by atoms with Gasteiger partial charge in [-0.15, -0.1) is 11.3 Å². The smallest absolute Gasteiger partial charge is 0.328 e. The topological polar surface area (TPSA) is 57.6 Å². The van der Waals surface area contributed by atoms with Crippen LogP contribution in [0.25, 0.3) is 6.08 Å². The van der Waals surface area contributed by atoms with E-state index in [9.17, 15) is 9.59 Å². The van der Waals surface area contributed by atoms with Crippen LogP contribution in [0.3, 0.4) is 0 Å². The van der Waals surface area contributed by atoms with Crippen molar-refractivity contribution in [3.05, 3.63) is 57.8 Å². The lowest BCUT2D eigenvalue weighted by molar-refractivity contribution is -0.131. The van der Waals surface area contributed by atoms with Gasteiger partial charge in [0.25, 0.3) is 5.91 Å². The van der Waals surface area contributed by atoms with E-state index in [2.05, 4.69) is 0 Å². The van der Waals surface area contributed by atoms with E-state index in [-0.39, 0.29) is 5.91 Å². The zero-order chi connectivity index (χ0) is 15.4. The molecule has 0 saturated carbocycles. The van der Waals surface area contributed by atoms with Crippen molar-refractivity contribution >= 4 is 35.0 Å². The highest BCUT2D eigenvalue weighted by Gasteiger charge is 2.14. The van der Waals surface area contributed by atoms with Gasteiger partial charge in [-0.1, -0.05) is 12.1 Å². The van der Waals surface area contributed by atoms with E-state index < -0.39 is 5.97 Å². The maximum Gasteiger partial charge on any atom is 0.328 e. The summed E-state index contributed by atoms with van der Waals surface area (Å²) in [6.45, 7) is 1.97. The van der Waals surface area contributed by atoms with Crippen LogP contribution >= 0.6 is 11.3 Å². The Balaban J connectivity index is 2.18. The van der Waals surface area contributed by atoms with Gasteiger partial charge in [0.2, 0.25) is 0 Å². The van der Waals surface area contributed by atoms with Crippen LogP contribution < -0.4 is 4.90 Å². The lowest BCUT2D eigenvalue weighted by Gasteiger charge is -2.17. The van der Waals surface area contributed by atoms with E-state index in [1.807, 2.05) is 31.2 Å². The minimum absolute atomic E-state index is 0.119. The van der Waals surface area contributed by atoms with Gasteiger partial charge in [-0.3, -0.25) is 4.79 Å². The summed E-state index contributed by atoms with van der Waals surface area (Å²) in [7, 11) is 1.72. The van der Waals surface area contributed by atoms with E-state index in [1.54, 1.807) is 23.4 Å². The van der Waals surface area contributed by atoms with E-state index in [0.29, 0.717) is 5.56 Å². The molecule has 0 saturated heterocycles. The zero-order valence-corrected chi connectivity index (χ0v) is 12.6. The minimum atomic E-state index is -1.01. The summed E-state index contributed by atoms with van der Waals surface area (Å²) in [5.41, 5.74) is 2.46. The summed E-state index contributed by atoms with van der Waals surface area (Å²) in [5, 5.41) is 10.3. The summed E-state index contributed by atoms with van der Waals surface area (Å²) in [6.07, 6.45) is 2.54. The Labute approximate surface area is 127 Å². The number of hydrogen-bond acceptors (Lipinski definition) is 3. The molecule has 1 N–H and O–H groups in total. The molecule has 0 bridgehead atoms. The lowest BCUT2D eigenvalue weighted by Crippen LogP contribution is -2.25. The van der Waals surface area contributed by atoms with Gasteiger partial charge in [0.15, 0.2) is 0 Å². The first kappa shape index (κ1) is 15.0. The molecule has 0 radical (unpaired) electrons. The SMILES string of the molecule is Cc1cccc(N(C)C(=O)c2csc(C=CC(=O)O)c2)c1. The molecule has 2 aromatic rings. The van der Waals surface area contributed by atoms with Crippen LogP contribution in [0.2, 0.25) is 0 Å². The largest absolute Gasteiger partial charge is 0.478 e. The van der Waals surface area contributed by atoms with Crippen LogP contribution in [0, 0.1) is 6.92 Å². The second-order valence-corrected chi connectivity index (χ2v) is 5.56. The molecule has 2 rings (SSSR count). The molecule has 0 aliphatic heterocycles. The second kappa shape index (κ2) is 6.37. The molecule has 0 unspecified atom stereocenters. The van der Waals surface area contributed by atoms with Gasteiger partial charge >= 0.3 is 5.97 Å². The van der Waals surface area contributed by atoms with Crippen LogP contribution in [0.4, 0.5) is 5.69 Å². The van der Waals surface area contributed by atoms with Crippen molar-refractivity contribution < 1.29 is 14.7 Å². The van der Waals surface area contributed by atoms with Crippen LogP contribution in [-0.4, -0.2) is 24.0 Å². The minimum Gasteiger partial charge on any atom is -0.478 e. The first-order valence-electron chi connectivity index (χ1n) is 6.31. The third-order valence-corrected chi connectivity index (χ3v) is 3.85. The fraction of sp³-hybridized carbons (Fsp3) is 0.125. The summed E-state index contributed by atoms with van der Waals surface area (Å²) < 4.78 is 0. The molecule has 4 nitrogen and oxygen atoms in total. The number of benzene rings is 1. The fourth-order valence-corrected chi connectivity index (χ4v) is 2.63. The maximum absolute atomic E-state index is 12.4. The number of rotatable bonds is 4. The quantitative estimate of drug-likeness (QED) is 0.880. The van der Waals surface area contributed by atoms with Crippen molar-refractivity contribution in [2.75, 3.05) is 11.9 Å².